The number of ether oxygens (including phenoxy) is 2. The van der Waals surface area contributed by atoms with E-state index in [0.29, 0.717) is 45.3 Å². The first-order chi connectivity index (χ1) is 18.9. The average molecular weight is 538 g/mol. The lowest BCUT2D eigenvalue weighted by Gasteiger charge is -2.26. The van der Waals surface area contributed by atoms with Gasteiger partial charge in [0.15, 0.2) is 5.43 Å². The van der Waals surface area contributed by atoms with Crippen LogP contribution in [0.15, 0.2) is 100 Å². The molecule has 0 saturated carbocycles. The maximum absolute atomic E-state index is 13.9. The monoisotopic (exact) mass is 537 g/mol. The molecule has 7 heteroatoms. The summed E-state index contributed by atoms with van der Waals surface area (Å²) in [5.74, 6) is 0.689. The van der Waals surface area contributed by atoms with Crippen molar-refractivity contribution in [2.45, 2.75) is 19.6 Å². The third kappa shape index (κ3) is 4.43. The van der Waals surface area contributed by atoms with Crippen LogP contribution in [0.4, 0.5) is 5.69 Å². The van der Waals surface area contributed by atoms with Crippen molar-refractivity contribution in [3.63, 3.8) is 0 Å². The number of aryl methyl sites for hydroxylation is 1. The van der Waals surface area contributed by atoms with Crippen molar-refractivity contribution < 1.29 is 18.7 Å². The summed E-state index contributed by atoms with van der Waals surface area (Å²) in [5.41, 5.74) is 3.57. The van der Waals surface area contributed by atoms with Crippen LogP contribution in [0, 0.1) is 6.92 Å². The Labute approximate surface area is 230 Å². The minimum absolute atomic E-state index is 0.0175. The van der Waals surface area contributed by atoms with E-state index in [0.717, 1.165) is 11.1 Å². The number of anilines is 1. The third-order valence-corrected chi connectivity index (χ3v) is 7.16. The zero-order valence-corrected chi connectivity index (χ0v) is 22.1. The van der Waals surface area contributed by atoms with Crippen molar-refractivity contribution in [3.05, 3.63) is 134 Å². The molecule has 39 heavy (non-hydrogen) atoms. The molecule has 6 rings (SSSR count). The van der Waals surface area contributed by atoms with Crippen molar-refractivity contribution in [1.82, 2.24) is 0 Å². The van der Waals surface area contributed by atoms with E-state index in [1.165, 1.54) is 7.11 Å². The van der Waals surface area contributed by atoms with Crippen molar-refractivity contribution in [2.24, 2.45) is 0 Å². The van der Waals surface area contributed by atoms with Gasteiger partial charge in [-0.2, -0.15) is 0 Å². The molecule has 0 spiro atoms. The molecule has 0 saturated heterocycles. The first-order valence-corrected chi connectivity index (χ1v) is 12.8. The molecule has 4 aromatic carbocycles. The Kier molecular flexibility index (Phi) is 6.33. The van der Waals surface area contributed by atoms with Gasteiger partial charge < -0.3 is 13.9 Å². The fourth-order valence-corrected chi connectivity index (χ4v) is 5.24. The normalized spacial score (nSPS) is 14.5. The van der Waals surface area contributed by atoms with Crippen LogP contribution in [-0.2, 0) is 6.61 Å². The van der Waals surface area contributed by atoms with E-state index >= 15 is 0 Å². The van der Waals surface area contributed by atoms with Crippen molar-refractivity contribution in [1.29, 1.82) is 0 Å². The molecule has 1 aliphatic heterocycles. The number of fused-ring (bicyclic) bond motifs is 2. The zero-order chi connectivity index (χ0) is 27.1. The predicted molar refractivity (Wildman–Crippen MR) is 151 cm³/mol. The molecular formula is C32H24ClNO5. The number of benzene rings is 4. The first kappa shape index (κ1) is 24.8. The van der Waals surface area contributed by atoms with Gasteiger partial charge in [-0.25, -0.2) is 0 Å². The Bertz CT molecular complexity index is 1780. The Morgan fingerprint density at radius 2 is 1.74 bits per heavy atom. The number of carbonyl (C=O) groups is 1. The second-order valence-electron chi connectivity index (χ2n) is 9.42. The number of halogens is 1. The van der Waals surface area contributed by atoms with Gasteiger partial charge >= 0.3 is 0 Å². The molecule has 6 nitrogen and oxygen atoms in total. The Morgan fingerprint density at radius 1 is 0.923 bits per heavy atom. The second kappa shape index (κ2) is 9.97. The van der Waals surface area contributed by atoms with Crippen LogP contribution in [0.1, 0.15) is 38.9 Å². The lowest BCUT2D eigenvalue weighted by molar-refractivity contribution is 0.0971. The van der Waals surface area contributed by atoms with Crippen LogP contribution >= 0.6 is 11.6 Å². The van der Waals surface area contributed by atoms with E-state index < -0.39 is 11.9 Å². The average Bonchev–Trinajstić information content (AvgIpc) is 3.25. The number of carbonyl (C=O) groups excluding carboxylic acids is 1. The number of methoxy groups -OCH3 is 1. The van der Waals surface area contributed by atoms with Crippen LogP contribution in [-0.4, -0.2) is 13.0 Å². The van der Waals surface area contributed by atoms with Gasteiger partial charge in [0.1, 0.15) is 23.7 Å². The molecule has 1 aromatic heterocycles. The van der Waals surface area contributed by atoms with Gasteiger partial charge in [0, 0.05) is 5.69 Å². The quantitative estimate of drug-likeness (QED) is 0.231. The van der Waals surface area contributed by atoms with E-state index in [1.54, 1.807) is 35.2 Å². The summed E-state index contributed by atoms with van der Waals surface area (Å²) in [6.07, 6.45) is 0. The van der Waals surface area contributed by atoms with Crippen LogP contribution in [0.5, 0.6) is 11.5 Å². The maximum Gasteiger partial charge on any atom is 0.295 e. The van der Waals surface area contributed by atoms with Crippen LogP contribution in [0.2, 0.25) is 5.02 Å². The van der Waals surface area contributed by atoms with Gasteiger partial charge in [0.2, 0.25) is 5.76 Å². The van der Waals surface area contributed by atoms with Gasteiger partial charge in [-0.05, 0) is 60.5 Å². The summed E-state index contributed by atoms with van der Waals surface area (Å²) in [5, 5.41) is 0.773. The molecule has 1 aliphatic rings. The van der Waals surface area contributed by atoms with Crippen LogP contribution in [0.25, 0.3) is 11.0 Å². The molecule has 2 heterocycles. The Morgan fingerprint density at radius 3 is 2.51 bits per heavy atom. The lowest BCUT2D eigenvalue weighted by Crippen LogP contribution is -2.29. The van der Waals surface area contributed by atoms with E-state index in [-0.39, 0.29) is 16.8 Å². The fourth-order valence-electron chi connectivity index (χ4n) is 4.99. The van der Waals surface area contributed by atoms with Crippen molar-refractivity contribution in [2.75, 3.05) is 12.0 Å². The molecule has 0 fully saturated rings. The molecule has 1 atom stereocenters. The molecule has 0 N–H and O–H groups in total. The molecule has 5 aromatic rings. The maximum atomic E-state index is 13.9. The summed E-state index contributed by atoms with van der Waals surface area (Å²) in [6.45, 7) is 2.29. The fraction of sp³-hybridized carbons (Fsp3) is 0.125. The van der Waals surface area contributed by atoms with Crippen LogP contribution < -0.4 is 19.8 Å². The Balaban J connectivity index is 1.50. The highest BCUT2D eigenvalue weighted by Crippen LogP contribution is 2.43. The highest BCUT2D eigenvalue weighted by atomic mass is 35.5. The zero-order valence-electron chi connectivity index (χ0n) is 21.3. The molecule has 0 aliphatic carbocycles. The van der Waals surface area contributed by atoms with Gasteiger partial charge in [0.05, 0.1) is 29.1 Å². The first-order valence-electron chi connectivity index (χ1n) is 12.5. The standard InChI is InChI=1S/C32H24ClNO5/c1-19-11-13-26-24(15-19)30(35)28-29(21-9-6-10-23(16-21)38-18-20-7-4-3-5-8-20)34(32(36)31(28)39-26)22-12-14-27(37-2)25(33)17-22/h3-17,29H,18H2,1-2H3. The SMILES string of the molecule is COc1ccc(N2C(=O)c3oc4ccc(C)cc4c(=O)c3C2c2cccc(OCc3ccccc3)c2)cc1Cl. The molecule has 1 unspecified atom stereocenters. The van der Waals surface area contributed by atoms with Crippen molar-refractivity contribution >= 4 is 34.2 Å². The lowest BCUT2D eigenvalue weighted by atomic mass is 9.97. The van der Waals surface area contributed by atoms with E-state index in [4.69, 9.17) is 25.5 Å². The van der Waals surface area contributed by atoms with Gasteiger partial charge in [-0.15, -0.1) is 0 Å². The summed E-state index contributed by atoms with van der Waals surface area (Å²) in [6, 6.07) is 27.0. The van der Waals surface area contributed by atoms with E-state index in [2.05, 4.69) is 0 Å². The minimum atomic E-state index is -0.751. The van der Waals surface area contributed by atoms with Gasteiger partial charge in [0.25, 0.3) is 5.91 Å². The minimum Gasteiger partial charge on any atom is -0.495 e. The van der Waals surface area contributed by atoms with Crippen LogP contribution in [0.3, 0.4) is 0 Å². The molecule has 0 radical (unpaired) electrons. The topological polar surface area (TPSA) is 69.0 Å². The smallest absolute Gasteiger partial charge is 0.295 e. The van der Waals surface area contributed by atoms with E-state index in [1.807, 2.05) is 67.6 Å². The summed E-state index contributed by atoms with van der Waals surface area (Å²) in [7, 11) is 1.53. The van der Waals surface area contributed by atoms with Crippen molar-refractivity contribution in [3.8, 4) is 11.5 Å². The third-order valence-electron chi connectivity index (χ3n) is 6.86. The molecule has 1 amide bonds. The summed E-state index contributed by atoms with van der Waals surface area (Å²) < 4.78 is 17.5. The summed E-state index contributed by atoms with van der Waals surface area (Å²) in [4.78, 5) is 29.4. The molecule has 194 valence electrons. The summed E-state index contributed by atoms with van der Waals surface area (Å²) >= 11 is 6.45. The largest absolute Gasteiger partial charge is 0.495 e. The Hall–Kier alpha value is -4.55. The second-order valence-corrected chi connectivity index (χ2v) is 9.82. The van der Waals surface area contributed by atoms with Gasteiger partial charge in [-0.3, -0.25) is 14.5 Å². The number of hydrogen-bond acceptors (Lipinski definition) is 5. The molecular weight excluding hydrogens is 514 g/mol. The number of amides is 1. The van der Waals surface area contributed by atoms with E-state index in [9.17, 15) is 9.59 Å². The number of hydrogen-bond donors (Lipinski definition) is 0. The predicted octanol–water partition coefficient (Wildman–Crippen LogP) is 7.09. The highest BCUT2D eigenvalue weighted by molar-refractivity contribution is 6.32. The number of nitrogens with zero attached hydrogens (tertiary/aromatic N) is 1. The molecule has 0 bridgehead atoms. The number of rotatable bonds is 6. The highest BCUT2D eigenvalue weighted by Gasteiger charge is 2.44. The van der Waals surface area contributed by atoms with Gasteiger partial charge in [-0.1, -0.05) is 65.7 Å².